The average Bonchev–Trinajstić information content (AvgIpc) is 2.64. The van der Waals surface area contributed by atoms with Gasteiger partial charge in [0, 0.05) is 34.1 Å². The van der Waals surface area contributed by atoms with Crippen molar-refractivity contribution >= 4 is 125 Å². The largest absolute Gasteiger partial charge is 0.457 e. The summed E-state index contributed by atoms with van der Waals surface area (Å²) in [5, 5.41) is 7.29. The lowest BCUT2D eigenvalue weighted by Gasteiger charge is -2.42. The minimum atomic E-state index is -0.367. The third-order valence-electron chi connectivity index (χ3n) is 17.1. The van der Waals surface area contributed by atoms with Crippen molar-refractivity contribution < 1.29 is 19.1 Å². The molecule has 0 radical (unpaired) electrons. The predicted octanol–water partition coefficient (Wildman–Crippen LogP) is 12.5. The van der Waals surface area contributed by atoms with Gasteiger partial charge in [-0.3, -0.25) is 0 Å². The molecule has 6 nitrogen and oxygen atoms in total. The summed E-state index contributed by atoms with van der Waals surface area (Å²) in [6.45, 7) is 4.57. The van der Waals surface area contributed by atoms with Gasteiger partial charge in [-0.15, -0.1) is 0 Å². The van der Waals surface area contributed by atoms with Gasteiger partial charge in [0.25, 0.3) is 0 Å². The Hall–Kier alpha value is -9.65. The Balaban J connectivity index is 0.984. The highest BCUT2D eigenvalue weighted by Gasteiger charge is 2.46. The number of rotatable bonds is 8. The number of hydrogen-bond donors (Lipinski definition) is 0. The van der Waals surface area contributed by atoms with E-state index in [1.54, 1.807) is 0 Å². The van der Waals surface area contributed by atoms with Gasteiger partial charge >= 0.3 is 11.9 Å². The fraction of sp³-hybridized carbons (Fsp3) is 0.0571. The summed E-state index contributed by atoms with van der Waals surface area (Å²) in [5.74, 6) is -0.734. The number of aryl methyl sites for hydroxylation is 2. The van der Waals surface area contributed by atoms with E-state index >= 15 is 0 Å². The molecule has 4 aliphatic rings. The van der Waals surface area contributed by atoms with Gasteiger partial charge < -0.3 is 19.3 Å². The average molecular weight is 1000 g/mol. The maximum absolute atomic E-state index is 14.6. The van der Waals surface area contributed by atoms with Crippen LogP contribution in [0.4, 0.5) is 34.1 Å². The van der Waals surface area contributed by atoms with Crippen LogP contribution < -0.4 is 42.6 Å². The number of esters is 2. The molecule has 12 aromatic rings. The summed E-state index contributed by atoms with van der Waals surface area (Å²) >= 11 is 0. The maximum Gasteiger partial charge on any atom is 0.338 e. The Bertz CT molecular complexity index is 4240. The molecule has 12 aromatic carbocycles. The molecule has 4 heterocycles. The van der Waals surface area contributed by atoms with Crippen LogP contribution in [-0.4, -0.2) is 25.4 Å². The molecule has 4 aliphatic heterocycles. The van der Waals surface area contributed by atoms with Crippen LogP contribution in [0, 0.1) is 13.8 Å². The van der Waals surface area contributed by atoms with Crippen LogP contribution >= 0.6 is 0 Å². The van der Waals surface area contributed by atoms with Crippen molar-refractivity contribution in [2.75, 3.05) is 9.80 Å². The van der Waals surface area contributed by atoms with Crippen molar-refractivity contribution in [3.05, 3.63) is 252 Å². The topological polar surface area (TPSA) is 59.1 Å². The summed E-state index contributed by atoms with van der Waals surface area (Å²) < 4.78 is 12.3. The number of ether oxygens (including phenoxy) is 2. The van der Waals surface area contributed by atoms with Crippen LogP contribution in [0.5, 0.6) is 0 Å². The molecular formula is C70H46B2N2O4. The number of carbonyl (C=O) groups is 2. The van der Waals surface area contributed by atoms with Gasteiger partial charge in [0.1, 0.15) is 13.2 Å². The SMILES string of the molecule is Cc1cc2c3c(cc4c(C)cc5c6c(cc1c3c46)B1c3ccccc3N(c3ccccc3)c3cc(C(=O)OCc4ccccc4)cc-5c31)B1c3ccccc3N(c3ccccc3)c3cc(C(=O)OCc4ccccc4)cc-2c31. The zero-order valence-electron chi connectivity index (χ0n) is 42.9. The summed E-state index contributed by atoms with van der Waals surface area (Å²) in [7, 11) is 0. The Labute approximate surface area is 452 Å². The van der Waals surface area contributed by atoms with Crippen LogP contribution in [0.3, 0.4) is 0 Å². The van der Waals surface area contributed by atoms with Crippen LogP contribution in [0.25, 0.3) is 54.6 Å². The molecule has 0 fully saturated rings. The molecule has 0 aliphatic carbocycles. The van der Waals surface area contributed by atoms with E-state index < -0.39 is 0 Å². The molecule has 0 N–H and O–H groups in total. The first kappa shape index (κ1) is 44.6. The van der Waals surface area contributed by atoms with Crippen molar-refractivity contribution in [2.24, 2.45) is 0 Å². The van der Waals surface area contributed by atoms with Crippen LogP contribution in [-0.2, 0) is 22.7 Å². The Morgan fingerprint density at radius 3 is 1.15 bits per heavy atom. The molecule has 0 atom stereocenters. The lowest BCUT2D eigenvalue weighted by molar-refractivity contribution is 0.0464. The van der Waals surface area contributed by atoms with Crippen molar-refractivity contribution in [3.8, 4) is 22.3 Å². The molecule has 78 heavy (non-hydrogen) atoms. The number of anilines is 6. The minimum Gasteiger partial charge on any atom is -0.457 e. The zero-order valence-corrected chi connectivity index (χ0v) is 42.9. The van der Waals surface area contributed by atoms with E-state index in [1.165, 1.54) is 65.1 Å². The number of nitrogens with zero attached hydrogens (tertiary/aromatic N) is 2. The molecule has 0 aromatic heterocycles. The molecule has 8 heteroatoms. The Morgan fingerprint density at radius 1 is 0.372 bits per heavy atom. The molecule has 366 valence electrons. The van der Waals surface area contributed by atoms with Gasteiger partial charge in [0.05, 0.1) is 11.1 Å². The van der Waals surface area contributed by atoms with E-state index in [-0.39, 0.29) is 38.6 Å². The van der Waals surface area contributed by atoms with Gasteiger partial charge in [0.15, 0.2) is 0 Å². The number of benzene rings is 12. The maximum atomic E-state index is 14.6. The second-order valence-electron chi connectivity index (χ2n) is 21.4. The molecule has 0 spiro atoms. The van der Waals surface area contributed by atoms with Gasteiger partial charge in [-0.05, 0) is 173 Å². The number of para-hydroxylation sites is 4. The minimum absolute atomic E-state index is 0.143. The number of hydrogen-bond acceptors (Lipinski definition) is 6. The molecule has 0 saturated heterocycles. The van der Waals surface area contributed by atoms with Gasteiger partial charge in [0.2, 0.25) is 13.4 Å². The van der Waals surface area contributed by atoms with E-state index in [1.807, 2.05) is 72.8 Å². The van der Waals surface area contributed by atoms with E-state index in [4.69, 9.17) is 9.47 Å². The summed E-state index contributed by atoms with van der Waals surface area (Å²) in [6, 6.07) is 76.4. The second kappa shape index (κ2) is 16.9. The third-order valence-corrected chi connectivity index (χ3v) is 17.1. The molecule has 0 bridgehead atoms. The van der Waals surface area contributed by atoms with E-state index in [2.05, 4.69) is 169 Å². The van der Waals surface area contributed by atoms with Crippen LogP contribution in [0.15, 0.2) is 218 Å². The van der Waals surface area contributed by atoms with Gasteiger partial charge in [-0.1, -0.05) is 169 Å². The lowest BCUT2D eigenvalue weighted by Crippen LogP contribution is -2.60. The first-order valence-corrected chi connectivity index (χ1v) is 26.8. The molecular weight excluding hydrogens is 954 g/mol. The summed E-state index contributed by atoms with van der Waals surface area (Å²) in [4.78, 5) is 33.9. The highest BCUT2D eigenvalue weighted by atomic mass is 16.5. The first-order chi connectivity index (χ1) is 38.4. The molecule has 16 rings (SSSR count). The van der Waals surface area contributed by atoms with Gasteiger partial charge in [-0.25, -0.2) is 9.59 Å². The normalized spacial score (nSPS) is 13.1. The van der Waals surface area contributed by atoms with E-state index in [0.717, 1.165) is 78.6 Å². The third kappa shape index (κ3) is 6.40. The van der Waals surface area contributed by atoms with Crippen molar-refractivity contribution in [1.82, 2.24) is 0 Å². The van der Waals surface area contributed by atoms with E-state index in [0.29, 0.717) is 11.1 Å². The molecule has 0 saturated carbocycles. The second-order valence-corrected chi connectivity index (χ2v) is 21.4. The van der Waals surface area contributed by atoms with Crippen molar-refractivity contribution in [2.45, 2.75) is 27.1 Å². The van der Waals surface area contributed by atoms with Gasteiger partial charge in [-0.2, -0.15) is 0 Å². The number of fused-ring (bicyclic) bond motifs is 8. The zero-order chi connectivity index (χ0) is 51.9. The first-order valence-electron chi connectivity index (χ1n) is 26.8. The highest BCUT2D eigenvalue weighted by molar-refractivity contribution is 7.02. The molecule has 0 unspecified atom stereocenters. The van der Waals surface area contributed by atoms with E-state index in [9.17, 15) is 9.59 Å². The summed E-state index contributed by atoms with van der Waals surface area (Å²) in [5.41, 5.74) is 22.9. The number of carbonyl (C=O) groups excluding carboxylic acids is 2. The fourth-order valence-electron chi connectivity index (χ4n) is 13.8. The quantitative estimate of drug-likeness (QED) is 0.0859. The van der Waals surface area contributed by atoms with Crippen LogP contribution in [0.2, 0.25) is 0 Å². The predicted molar refractivity (Wildman–Crippen MR) is 320 cm³/mol. The fourth-order valence-corrected chi connectivity index (χ4v) is 13.8. The standard InChI is InChI=1S/C70H46B2N2O4/c1-41-31-51-53-33-45(69(75)77-39-43-19-7-3-8-20-43)35-61-67(53)72(56-28-16-18-30-60(56)73(61)47-23-11-5-12-24-47)58-38-50-42(2)32-52-54-34-46(70(76)78-40-44-21-9-4-10-22-44)36-62-68(54)71(57-37-49(41)65(63(51)58)66(50)64(52)57)55-27-15-17-29-59(55)74(62)48-25-13-6-14-26-48/h3-38H,39-40H2,1-2H3. The highest BCUT2D eigenvalue weighted by Crippen LogP contribution is 2.50. The monoisotopic (exact) mass is 1000 g/mol. The summed E-state index contributed by atoms with van der Waals surface area (Å²) in [6.07, 6.45) is 0. The van der Waals surface area contributed by atoms with Crippen molar-refractivity contribution in [3.63, 3.8) is 0 Å². The Kier molecular flexibility index (Phi) is 9.68. The van der Waals surface area contributed by atoms with Crippen molar-refractivity contribution in [1.29, 1.82) is 0 Å². The smallest absolute Gasteiger partial charge is 0.338 e. The lowest BCUT2D eigenvalue weighted by atomic mass is 9.31. The molecule has 0 amide bonds. The Morgan fingerprint density at radius 2 is 0.744 bits per heavy atom. The van der Waals surface area contributed by atoms with Crippen LogP contribution in [0.1, 0.15) is 43.0 Å².